The molecular weight excluding hydrogens is 331 g/mol. The molecule has 4 rings (SSSR count). The molecule has 0 saturated heterocycles. The number of anilines is 1. The van der Waals surface area contributed by atoms with Gasteiger partial charge < -0.3 is 15.3 Å². The fourth-order valence-corrected chi connectivity index (χ4v) is 2.76. The average Bonchev–Trinajstić information content (AvgIpc) is 3.18. The van der Waals surface area contributed by atoms with Crippen molar-refractivity contribution in [2.75, 3.05) is 5.32 Å². The van der Waals surface area contributed by atoms with Gasteiger partial charge >= 0.3 is 6.18 Å². The van der Waals surface area contributed by atoms with Crippen LogP contribution in [-0.4, -0.2) is 15.9 Å². The minimum absolute atomic E-state index is 0.357. The second-order valence-corrected chi connectivity index (χ2v) is 5.71. The Hall–Kier alpha value is -3.22. The highest BCUT2D eigenvalue weighted by Crippen LogP contribution is 2.32. The summed E-state index contributed by atoms with van der Waals surface area (Å²) < 4.78 is 38.3. The first-order chi connectivity index (χ1) is 11.9. The minimum Gasteiger partial charge on any atom is -0.351 e. The highest BCUT2D eigenvalue weighted by Gasteiger charge is 2.32. The zero-order chi connectivity index (χ0) is 17.6. The molecule has 1 amide bonds. The quantitative estimate of drug-likeness (QED) is 0.475. The van der Waals surface area contributed by atoms with Crippen LogP contribution in [0.5, 0.6) is 0 Å². The zero-order valence-corrected chi connectivity index (χ0v) is 12.7. The van der Waals surface area contributed by atoms with Gasteiger partial charge in [-0.25, -0.2) is 0 Å². The first kappa shape index (κ1) is 15.3. The Morgan fingerprint density at radius 3 is 2.40 bits per heavy atom. The molecule has 3 N–H and O–H groups in total. The van der Waals surface area contributed by atoms with Crippen molar-refractivity contribution >= 4 is 33.4 Å². The number of rotatable bonds is 2. The number of halogens is 3. The number of carbonyl (C=O) groups is 1. The molecule has 2 heterocycles. The molecular formula is C18H12F3N3O. The standard InChI is InChI=1S/C18H12F3N3O/c19-18(20,21)16-9-11-7-12(5-6-14(11)24-16)22-17(25)15-8-10-3-1-2-4-13(10)23-15/h1-9,23-24H,(H,22,25). The number of aromatic nitrogens is 2. The van der Waals surface area contributed by atoms with E-state index in [0.717, 1.165) is 17.0 Å². The fourth-order valence-electron chi connectivity index (χ4n) is 2.76. The predicted molar refractivity (Wildman–Crippen MR) is 89.6 cm³/mol. The van der Waals surface area contributed by atoms with Gasteiger partial charge in [0.2, 0.25) is 0 Å². The maximum atomic E-state index is 12.8. The van der Waals surface area contributed by atoms with Crippen LogP contribution in [0.25, 0.3) is 21.8 Å². The Morgan fingerprint density at radius 1 is 0.880 bits per heavy atom. The van der Waals surface area contributed by atoms with Crippen LogP contribution in [0.2, 0.25) is 0 Å². The lowest BCUT2D eigenvalue weighted by Crippen LogP contribution is -2.11. The molecule has 2 aromatic carbocycles. The molecule has 0 unspecified atom stereocenters. The topological polar surface area (TPSA) is 60.7 Å². The van der Waals surface area contributed by atoms with Gasteiger partial charge in [0.1, 0.15) is 11.4 Å². The van der Waals surface area contributed by atoms with Crippen LogP contribution in [0, 0.1) is 0 Å². The molecule has 0 atom stereocenters. The van der Waals surface area contributed by atoms with Crippen LogP contribution in [-0.2, 0) is 6.18 Å². The second kappa shape index (κ2) is 5.41. The SMILES string of the molecule is O=C(Nc1ccc2[nH]c(C(F)(F)F)cc2c1)c1cc2ccccc2[nH]1. The number of carbonyl (C=O) groups excluding carboxylic acids is 1. The van der Waals surface area contributed by atoms with Gasteiger partial charge in [0, 0.05) is 27.5 Å². The number of hydrogen-bond donors (Lipinski definition) is 3. The lowest BCUT2D eigenvalue weighted by Gasteiger charge is -2.03. The first-order valence-electron chi connectivity index (χ1n) is 7.49. The van der Waals surface area contributed by atoms with E-state index in [1.54, 1.807) is 12.1 Å². The maximum Gasteiger partial charge on any atom is 0.431 e. The first-order valence-corrected chi connectivity index (χ1v) is 7.49. The molecule has 2 aromatic heterocycles. The Labute approximate surface area is 139 Å². The van der Waals surface area contributed by atoms with E-state index >= 15 is 0 Å². The molecule has 0 radical (unpaired) electrons. The maximum absolute atomic E-state index is 12.8. The molecule has 0 aliphatic heterocycles. The highest BCUT2D eigenvalue weighted by atomic mass is 19.4. The van der Waals surface area contributed by atoms with Crippen molar-refractivity contribution < 1.29 is 18.0 Å². The van der Waals surface area contributed by atoms with Gasteiger partial charge in [-0.1, -0.05) is 18.2 Å². The number of fused-ring (bicyclic) bond motifs is 2. The van der Waals surface area contributed by atoms with E-state index in [2.05, 4.69) is 15.3 Å². The monoisotopic (exact) mass is 343 g/mol. The van der Waals surface area contributed by atoms with Gasteiger partial charge in [0.15, 0.2) is 0 Å². The molecule has 25 heavy (non-hydrogen) atoms. The fraction of sp³-hybridized carbons (Fsp3) is 0.0556. The molecule has 0 aliphatic rings. The molecule has 0 bridgehead atoms. The van der Waals surface area contributed by atoms with Gasteiger partial charge in [0.05, 0.1) is 0 Å². The van der Waals surface area contributed by atoms with Crippen LogP contribution in [0.1, 0.15) is 16.2 Å². The summed E-state index contributed by atoms with van der Waals surface area (Å²) in [5, 5.41) is 3.98. The van der Waals surface area contributed by atoms with E-state index in [1.165, 1.54) is 12.1 Å². The molecule has 4 nitrogen and oxygen atoms in total. The minimum atomic E-state index is -4.44. The number of nitrogens with one attached hydrogen (secondary N) is 3. The van der Waals surface area contributed by atoms with Crippen molar-refractivity contribution in [3.8, 4) is 0 Å². The number of para-hydroxylation sites is 1. The van der Waals surface area contributed by atoms with Crippen molar-refractivity contribution in [1.82, 2.24) is 9.97 Å². The third-order valence-electron chi connectivity index (χ3n) is 3.96. The lowest BCUT2D eigenvalue weighted by atomic mass is 10.2. The van der Waals surface area contributed by atoms with Gasteiger partial charge in [-0.15, -0.1) is 0 Å². The lowest BCUT2D eigenvalue weighted by molar-refractivity contribution is -0.140. The van der Waals surface area contributed by atoms with E-state index in [9.17, 15) is 18.0 Å². The molecule has 0 spiro atoms. The second-order valence-electron chi connectivity index (χ2n) is 5.71. The smallest absolute Gasteiger partial charge is 0.351 e. The van der Waals surface area contributed by atoms with Crippen molar-refractivity contribution in [2.45, 2.75) is 6.18 Å². The van der Waals surface area contributed by atoms with Crippen LogP contribution >= 0.6 is 0 Å². The molecule has 0 aliphatic carbocycles. The summed E-state index contributed by atoms with van der Waals surface area (Å²) in [6.07, 6.45) is -4.44. The van der Waals surface area contributed by atoms with Crippen molar-refractivity contribution in [1.29, 1.82) is 0 Å². The number of aromatic amines is 2. The average molecular weight is 343 g/mol. The van der Waals surface area contributed by atoms with Gasteiger partial charge in [-0.3, -0.25) is 4.79 Å². The van der Waals surface area contributed by atoms with E-state index in [-0.39, 0.29) is 5.91 Å². The van der Waals surface area contributed by atoms with Crippen molar-refractivity contribution in [2.24, 2.45) is 0 Å². The number of benzene rings is 2. The highest BCUT2D eigenvalue weighted by molar-refractivity contribution is 6.06. The van der Waals surface area contributed by atoms with Crippen molar-refractivity contribution in [3.05, 3.63) is 66.0 Å². The number of hydrogen-bond acceptors (Lipinski definition) is 1. The predicted octanol–water partition coefficient (Wildman–Crippen LogP) is 4.92. The summed E-state index contributed by atoms with van der Waals surface area (Å²) in [7, 11) is 0. The third kappa shape index (κ3) is 2.84. The van der Waals surface area contributed by atoms with Crippen molar-refractivity contribution in [3.63, 3.8) is 0 Å². The summed E-state index contributed by atoms with van der Waals surface area (Å²) in [5.74, 6) is -0.359. The molecule has 4 aromatic rings. The molecule has 7 heteroatoms. The van der Waals surface area contributed by atoms with E-state index in [1.807, 2.05) is 24.3 Å². The Kier molecular flexibility index (Phi) is 3.31. The largest absolute Gasteiger partial charge is 0.431 e. The molecule has 0 saturated carbocycles. The van der Waals surface area contributed by atoms with Crippen LogP contribution in [0.15, 0.2) is 54.6 Å². The number of amides is 1. The zero-order valence-electron chi connectivity index (χ0n) is 12.7. The van der Waals surface area contributed by atoms with E-state index < -0.39 is 11.9 Å². The normalized spacial score (nSPS) is 12.0. The van der Waals surface area contributed by atoms with Gasteiger partial charge in [-0.2, -0.15) is 13.2 Å². The summed E-state index contributed by atoms with van der Waals surface area (Å²) in [6.45, 7) is 0. The van der Waals surface area contributed by atoms with E-state index in [0.29, 0.717) is 22.3 Å². The van der Waals surface area contributed by atoms with Crippen LogP contribution in [0.3, 0.4) is 0 Å². The Bertz CT molecular complexity index is 1060. The summed E-state index contributed by atoms with van der Waals surface area (Å²) in [4.78, 5) is 17.7. The summed E-state index contributed by atoms with van der Waals surface area (Å²) >= 11 is 0. The summed E-state index contributed by atoms with van der Waals surface area (Å²) in [6, 6.07) is 14.8. The molecule has 0 fully saturated rings. The van der Waals surface area contributed by atoms with E-state index in [4.69, 9.17) is 0 Å². The van der Waals surface area contributed by atoms with Gasteiger partial charge in [0.25, 0.3) is 5.91 Å². The van der Waals surface area contributed by atoms with Crippen LogP contribution < -0.4 is 5.32 Å². The number of alkyl halides is 3. The molecule has 126 valence electrons. The summed E-state index contributed by atoms with van der Waals surface area (Å²) in [5.41, 5.74) is 1.18. The van der Waals surface area contributed by atoms with Gasteiger partial charge in [-0.05, 0) is 36.4 Å². The number of H-pyrrole nitrogens is 2. The Balaban J connectivity index is 1.62. The third-order valence-corrected chi connectivity index (χ3v) is 3.96. The van der Waals surface area contributed by atoms with Crippen LogP contribution in [0.4, 0.5) is 18.9 Å². The Morgan fingerprint density at radius 2 is 1.64 bits per heavy atom.